The second kappa shape index (κ2) is 5.33. The Labute approximate surface area is 147 Å². The van der Waals surface area contributed by atoms with E-state index in [1.165, 1.54) is 38.5 Å². The van der Waals surface area contributed by atoms with Crippen LogP contribution in [0.3, 0.4) is 0 Å². The molecule has 0 heterocycles. The van der Waals surface area contributed by atoms with Crippen molar-refractivity contribution >= 4 is 0 Å². The lowest BCUT2D eigenvalue weighted by Crippen LogP contribution is -2.55. The van der Waals surface area contributed by atoms with E-state index >= 15 is 0 Å². The summed E-state index contributed by atoms with van der Waals surface area (Å²) in [6.45, 7) is 9.30. The molecule has 4 aliphatic rings. The van der Waals surface area contributed by atoms with E-state index < -0.39 is 0 Å². The van der Waals surface area contributed by atoms with Gasteiger partial charge in [-0.3, -0.25) is 0 Å². The molecule has 0 saturated heterocycles. The predicted molar refractivity (Wildman–Crippen MR) is 97.6 cm³/mol. The minimum absolute atomic E-state index is 0.0325. The molecule has 4 aliphatic carbocycles. The largest absolute Gasteiger partial charge is 0.393 e. The quantitative estimate of drug-likeness (QED) is 0.674. The molecule has 4 rings (SSSR count). The van der Waals surface area contributed by atoms with Crippen LogP contribution < -0.4 is 0 Å². The molecule has 2 nitrogen and oxygen atoms in total. The number of hydrogen-bond donors (Lipinski definition) is 2. The van der Waals surface area contributed by atoms with Crippen LogP contribution >= 0.6 is 0 Å². The highest BCUT2D eigenvalue weighted by molar-refractivity contribution is 5.35. The van der Waals surface area contributed by atoms with E-state index in [-0.39, 0.29) is 17.6 Å². The van der Waals surface area contributed by atoms with Gasteiger partial charge in [-0.05, 0) is 87.4 Å². The summed E-state index contributed by atoms with van der Waals surface area (Å²) in [7, 11) is 0. The van der Waals surface area contributed by atoms with Crippen molar-refractivity contribution in [3.63, 3.8) is 0 Å². The highest BCUT2D eigenvalue weighted by atomic mass is 16.3. The van der Waals surface area contributed by atoms with Crippen molar-refractivity contribution in [2.24, 2.45) is 28.1 Å². The van der Waals surface area contributed by atoms with Gasteiger partial charge in [0, 0.05) is 5.41 Å². The molecular weight excluding hydrogens is 296 g/mol. The number of hydrogen-bond acceptors (Lipinski definition) is 2. The highest BCUT2D eigenvalue weighted by Gasteiger charge is 2.59. The summed E-state index contributed by atoms with van der Waals surface area (Å²) < 4.78 is 0. The number of aliphatic hydroxyl groups excluding tert-OH is 2. The lowest BCUT2D eigenvalue weighted by Gasteiger charge is -2.62. The third-order valence-electron chi connectivity index (χ3n) is 9.44. The van der Waals surface area contributed by atoms with Crippen molar-refractivity contribution in [3.8, 4) is 0 Å². The molecular formula is C22H36O2. The van der Waals surface area contributed by atoms with Gasteiger partial charge in [0.2, 0.25) is 0 Å². The van der Waals surface area contributed by atoms with Gasteiger partial charge in [-0.1, -0.05) is 31.9 Å². The molecule has 2 fully saturated rings. The molecule has 2 heteroatoms. The lowest BCUT2D eigenvalue weighted by atomic mass is 9.43. The van der Waals surface area contributed by atoms with Crippen LogP contribution in [0.4, 0.5) is 0 Å². The van der Waals surface area contributed by atoms with Crippen LogP contribution in [0.5, 0.6) is 0 Å². The standard InChI is InChI=1S/C22H36O2/c1-14(23)21(3)11-9-16-17-8-10-20(2)13-15(24)7-12-22(20,4)19(17)6-5-18(16)21/h14-15,17,19,23-24H,5-13H2,1-4H3/t14-,15+,17+,19+,20-,21-,22+/m0/s1. The van der Waals surface area contributed by atoms with Crippen LogP contribution in [0.1, 0.15) is 85.5 Å². The summed E-state index contributed by atoms with van der Waals surface area (Å²) >= 11 is 0. The number of allylic oxidation sites excluding steroid dienone is 1. The second-order valence-corrected chi connectivity index (χ2v) is 10.3. The van der Waals surface area contributed by atoms with Crippen molar-refractivity contribution < 1.29 is 10.2 Å². The molecule has 0 amide bonds. The first-order valence-corrected chi connectivity index (χ1v) is 10.3. The molecule has 0 aromatic heterocycles. The Morgan fingerprint density at radius 1 is 1.00 bits per heavy atom. The molecule has 24 heavy (non-hydrogen) atoms. The van der Waals surface area contributed by atoms with Gasteiger partial charge in [0.25, 0.3) is 0 Å². The van der Waals surface area contributed by atoms with Crippen LogP contribution in [-0.4, -0.2) is 22.4 Å². The second-order valence-electron chi connectivity index (χ2n) is 10.3. The van der Waals surface area contributed by atoms with Crippen molar-refractivity contribution in [1.29, 1.82) is 0 Å². The van der Waals surface area contributed by atoms with Gasteiger partial charge in [-0.2, -0.15) is 0 Å². The molecule has 0 bridgehead atoms. The van der Waals surface area contributed by atoms with Crippen molar-refractivity contribution in [1.82, 2.24) is 0 Å². The van der Waals surface area contributed by atoms with Crippen LogP contribution in [0.25, 0.3) is 0 Å². The van der Waals surface area contributed by atoms with Crippen molar-refractivity contribution in [3.05, 3.63) is 11.1 Å². The fraction of sp³-hybridized carbons (Fsp3) is 0.909. The summed E-state index contributed by atoms with van der Waals surface area (Å²) in [5.41, 5.74) is 4.10. The maximum Gasteiger partial charge on any atom is 0.0602 e. The summed E-state index contributed by atoms with van der Waals surface area (Å²) in [6.07, 6.45) is 10.3. The zero-order valence-corrected chi connectivity index (χ0v) is 16.1. The predicted octanol–water partition coefficient (Wildman–Crippen LogP) is 4.84. The maximum absolute atomic E-state index is 10.4. The van der Waals surface area contributed by atoms with Crippen molar-refractivity contribution in [2.75, 3.05) is 0 Å². The fourth-order valence-corrected chi connectivity index (χ4v) is 7.38. The van der Waals surface area contributed by atoms with E-state index in [1.54, 1.807) is 11.1 Å². The average Bonchev–Trinajstić information content (AvgIpc) is 2.88. The SMILES string of the molecule is C[C@H](O)[C@]1(C)CCC2=C1CC[C@@H]1[C@@H]2CC[C@@]2(C)C[C@H](O)CC[C@]12C. The first-order chi connectivity index (χ1) is 11.2. The zero-order valence-electron chi connectivity index (χ0n) is 16.1. The van der Waals surface area contributed by atoms with Crippen molar-refractivity contribution in [2.45, 2.75) is 97.7 Å². The molecule has 0 aromatic rings. The first kappa shape index (κ1) is 17.1. The summed E-state index contributed by atoms with van der Waals surface area (Å²) in [4.78, 5) is 0. The van der Waals surface area contributed by atoms with Crippen LogP contribution in [0.15, 0.2) is 11.1 Å². The Morgan fingerprint density at radius 2 is 1.75 bits per heavy atom. The van der Waals surface area contributed by atoms with E-state index in [0.717, 1.165) is 31.1 Å². The zero-order chi connectivity index (χ0) is 17.3. The lowest BCUT2D eigenvalue weighted by molar-refractivity contribution is -0.130. The maximum atomic E-state index is 10.4. The van der Waals surface area contributed by atoms with E-state index in [1.807, 2.05) is 6.92 Å². The minimum Gasteiger partial charge on any atom is -0.393 e. The normalized spacial score (nSPS) is 52.5. The first-order valence-electron chi connectivity index (χ1n) is 10.3. The van der Waals surface area contributed by atoms with Gasteiger partial charge >= 0.3 is 0 Å². The monoisotopic (exact) mass is 332 g/mol. The molecule has 7 atom stereocenters. The van der Waals surface area contributed by atoms with Crippen LogP contribution in [0, 0.1) is 28.1 Å². The topological polar surface area (TPSA) is 40.5 Å². The Kier molecular flexibility index (Phi) is 3.80. The average molecular weight is 333 g/mol. The summed E-state index contributed by atoms with van der Waals surface area (Å²) in [6, 6.07) is 0. The van der Waals surface area contributed by atoms with Crippen LogP contribution in [0.2, 0.25) is 0 Å². The van der Waals surface area contributed by atoms with E-state index in [4.69, 9.17) is 0 Å². The fourth-order valence-electron chi connectivity index (χ4n) is 7.38. The van der Waals surface area contributed by atoms with E-state index in [9.17, 15) is 10.2 Å². The highest BCUT2D eigenvalue weighted by Crippen LogP contribution is 2.68. The molecule has 0 unspecified atom stereocenters. The van der Waals surface area contributed by atoms with E-state index in [2.05, 4.69) is 20.8 Å². The number of fused-ring (bicyclic) bond motifs is 4. The van der Waals surface area contributed by atoms with Gasteiger partial charge in [0.05, 0.1) is 12.2 Å². The van der Waals surface area contributed by atoms with Gasteiger partial charge < -0.3 is 10.2 Å². The molecule has 0 aromatic carbocycles. The smallest absolute Gasteiger partial charge is 0.0602 e. The summed E-state index contributed by atoms with van der Waals surface area (Å²) in [5, 5.41) is 20.7. The summed E-state index contributed by atoms with van der Waals surface area (Å²) in [5.74, 6) is 1.54. The van der Waals surface area contributed by atoms with Gasteiger partial charge in [0.1, 0.15) is 0 Å². The molecule has 0 spiro atoms. The molecule has 136 valence electrons. The van der Waals surface area contributed by atoms with Gasteiger partial charge in [-0.15, -0.1) is 0 Å². The Bertz CT molecular complexity index is 564. The molecule has 2 saturated carbocycles. The number of rotatable bonds is 1. The third-order valence-corrected chi connectivity index (χ3v) is 9.44. The molecule has 0 aliphatic heterocycles. The van der Waals surface area contributed by atoms with E-state index in [0.29, 0.717) is 10.8 Å². The minimum atomic E-state index is -0.226. The Balaban J connectivity index is 1.69. The Hall–Kier alpha value is -0.340. The third kappa shape index (κ3) is 2.08. The molecule has 2 N–H and O–H groups in total. The Morgan fingerprint density at radius 3 is 2.46 bits per heavy atom. The van der Waals surface area contributed by atoms with Crippen LogP contribution in [-0.2, 0) is 0 Å². The van der Waals surface area contributed by atoms with Gasteiger partial charge in [-0.25, -0.2) is 0 Å². The van der Waals surface area contributed by atoms with Gasteiger partial charge in [0.15, 0.2) is 0 Å². The number of aliphatic hydroxyl groups is 2. The molecule has 0 radical (unpaired) electrons.